The molecule has 0 aliphatic heterocycles. The van der Waals surface area contributed by atoms with Crippen LogP contribution in [0.25, 0.3) is 0 Å². The lowest BCUT2D eigenvalue weighted by Gasteiger charge is -2.06. The van der Waals surface area contributed by atoms with Crippen molar-refractivity contribution in [1.82, 2.24) is 15.1 Å². The minimum Gasteiger partial charge on any atom is -0.312 e. The SMILES string of the molecule is Cc1nn(C)c(Cl)c1CNCC(C)C. The van der Waals surface area contributed by atoms with E-state index in [9.17, 15) is 0 Å². The molecule has 0 unspecified atom stereocenters. The summed E-state index contributed by atoms with van der Waals surface area (Å²) in [5.74, 6) is 0.658. The quantitative estimate of drug-likeness (QED) is 0.834. The molecule has 0 saturated carbocycles. The van der Waals surface area contributed by atoms with Gasteiger partial charge in [0.2, 0.25) is 0 Å². The highest BCUT2D eigenvalue weighted by atomic mass is 35.5. The predicted molar refractivity (Wildman–Crippen MR) is 59.5 cm³/mol. The van der Waals surface area contributed by atoms with E-state index in [-0.39, 0.29) is 0 Å². The summed E-state index contributed by atoms with van der Waals surface area (Å²) in [4.78, 5) is 0. The first-order chi connectivity index (χ1) is 6.52. The van der Waals surface area contributed by atoms with Crippen molar-refractivity contribution in [3.63, 3.8) is 0 Å². The highest BCUT2D eigenvalue weighted by Gasteiger charge is 2.10. The number of hydrogen-bond acceptors (Lipinski definition) is 2. The van der Waals surface area contributed by atoms with Crippen LogP contribution in [0.2, 0.25) is 5.15 Å². The maximum Gasteiger partial charge on any atom is 0.131 e. The van der Waals surface area contributed by atoms with Crippen molar-refractivity contribution >= 4 is 11.6 Å². The van der Waals surface area contributed by atoms with Crippen LogP contribution in [0.3, 0.4) is 0 Å². The molecule has 0 aromatic carbocycles. The van der Waals surface area contributed by atoms with E-state index in [2.05, 4.69) is 24.3 Å². The molecule has 0 saturated heterocycles. The first kappa shape index (κ1) is 11.5. The van der Waals surface area contributed by atoms with Gasteiger partial charge in [0.15, 0.2) is 0 Å². The maximum absolute atomic E-state index is 6.09. The lowest BCUT2D eigenvalue weighted by atomic mass is 10.2. The van der Waals surface area contributed by atoms with Crippen LogP contribution < -0.4 is 5.32 Å². The molecule has 0 radical (unpaired) electrons. The topological polar surface area (TPSA) is 29.9 Å². The molecule has 0 amide bonds. The van der Waals surface area contributed by atoms with Gasteiger partial charge in [0, 0.05) is 19.2 Å². The van der Waals surface area contributed by atoms with Gasteiger partial charge in [0.1, 0.15) is 5.15 Å². The lowest BCUT2D eigenvalue weighted by Crippen LogP contribution is -2.19. The highest BCUT2D eigenvalue weighted by Crippen LogP contribution is 2.17. The number of hydrogen-bond donors (Lipinski definition) is 1. The normalized spacial score (nSPS) is 11.3. The van der Waals surface area contributed by atoms with Gasteiger partial charge in [-0.2, -0.15) is 5.10 Å². The molecular formula is C10H18ClN3. The van der Waals surface area contributed by atoms with Crippen LogP contribution in [0.5, 0.6) is 0 Å². The molecule has 1 aromatic heterocycles. The fourth-order valence-corrected chi connectivity index (χ4v) is 1.60. The minimum atomic E-state index is 0.658. The third kappa shape index (κ3) is 2.72. The molecule has 1 rings (SSSR count). The van der Waals surface area contributed by atoms with E-state index < -0.39 is 0 Å². The van der Waals surface area contributed by atoms with Crippen molar-refractivity contribution in [2.75, 3.05) is 6.54 Å². The van der Waals surface area contributed by atoms with E-state index in [0.29, 0.717) is 5.92 Å². The molecule has 0 aliphatic rings. The van der Waals surface area contributed by atoms with Gasteiger partial charge >= 0.3 is 0 Å². The molecule has 14 heavy (non-hydrogen) atoms. The summed E-state index contributed by atoms with van der Waals surface area (Å²) in [7, 11) is 1.86. The average molecular weight is 216 g/mol. The molecule has 1 N–H and O–H groups in total. The summed E-state index contributed by atoms with van der Waals surface area (Å²) in [6.45, 7) is 8.16. The van der Waals surface area contributed by atoms with Gasteiger partial charge < -0.3 is 5.32 Å². The Morgan fingerprint density at radius 3 is 2.57 bits per heavy atom. The van der Waals surface area contributed by atoms with Crippen LogP contribution in [-0.4, -0.2) is 16.3 Å². The zero-order valence-electron chi connectivity index (χ0n) is 9.26. The molecule has 1 heterocycles. The van der Waals surface area contributed by atoms with Gasteiger partial charge in [0.25, 0.3) is 0 Å². The first-order valence-electron chi connectivity index (χ1n) is 4.91. The Balaban J connectivity index is 2.58. The minimum absolute atomic E-state index is 0.658. The molecule has 80 valence electrons. The van der Waals surface area contributed by atoms with Gasteiger partial charge in [-0.05, 0) is 19.4 Å². The van der Waals surface area contributed by atoms with E-state index in [1.807, 2.05) is 14.0 Å². The van der Waals surface area contributed by atoms with Crippen molar-refractivity contribution in [3.8, 4) is 0 Å². The smallest absolute Gasteiger partial charge is 0.131 e. The van der Waals surface area contributed by atoms with Crippen LogP contribution in [0.4, 0.5) is 0 Å². The second-order valence-corrected chi connectivity index (χ2v) is 4.36. The second-order valence-electron chi connectivity index (χ2n) is 4.00. The van der Waals surface area contributed by atoms with Crippen LogP contribution >= 0.6 is 11.6 Å². The van der Waals surface area contributed by atoms with E-state index in [4.69, 9.17) is 11.6 Å². The van der Waals surface area contributed by atoms with Crippen molar-refractivity contribution in [2.24, 2.45) is 13.0 Å². The van der Waals surface area contributed by atoms with Gasteiger partial charge in [0.05, 0.1) is 5.69 Å². The second kappa shape index (κ2) is 4.80. The summed E-state index contributed by atoms with van der Waals surface area (Å²) in [5, 5.41) is 8.35. The van der Waals surface area contributed by atoms with Gasteiger partial charge in [-0.3, -0.25) is 4.68 Å². The molecule has 0 bridgehead atoms. The van der Waals surface area contributed by atoms with Crippen LogP contribution in [0.15, 0.2) is 0 Å². The number of nitrogens with zero attached hydrogens (tertiary/aromatic N) is 2. The van der Waals surface area contributed by atoms with E-state index in [1.165, 1.54) is 0 Å². The Morgan fingerprint density at radius 2 is 2.14 bits per heavy atom. The molecule has 4 heteroatoms. The van der Waals surface area contributed by atoms with Gasteiger partial charge in [-0.15, -0.1) is 0 Å². The first-order valence-corrected chi connectivity index (χ1v) is 5.28. The van der Waals surface area contributed by atoms with Crippen LogP contribution in [-0.2, 0) is 13.6 Å². The van der Waals surface area contributed by atoms with Crippen LogP contribution in [0.1, 0.15) is 25.1 Å². The fourth-order valence-electron chi connectivity index (χ4n) is 1.36. The largest absolute Gasteiger partial charge is 0.312 e. The third-order valence-corrected chi connectivity index (χ3v) is 2.60. The Morgan fingerprint density at radius 1 is 1.50 bits per heavy atom. The summed E-state index contributed by atoms with van der Waals surface area (Å²) in [5.41, 5.74) is 2.11. The Kier molecular flexibility index (Phi) is 3.96. The molecule has 0 atom stereocenters. The molecule has 0 aliphatic carbocycles. The number of aryl methyl sites for hydroxylation is 2. The highest BCUT2D eigenvalue weighted by molar-refractivity contribution is 6.30. The molecular weight excluding hydrogens is 198 g/mol. The van der Waals surface area contributed by atoms with E-state index >= 15 is 0 Å². The third-order valence-electron chi connectivity index (χ3n) is 2.12. The van der Waals surface area contributed by atoms with Crippen molar-refractivity contribution < 1.29 is 0 Å². The monoisotopic (exact) mass is 215 g/mol. The van der Waals surface area contributed by atoms with Crippen LogP contribution in [0, 0.1) is 12.8 Å². The van der Waals surface area contributed by atoms with Crippen molar-refractivity contribution in [2.45, 2.75) is 27.3 Å². The van der Waals surface area contributed by atoms with Crippen molar-refractivity contribution in [3.05, 3.63) is 16.4 Å². The van der Waals surface area contributed by atoms with E-state index in [1.54, 1.807) is 4.68 Å². The standard InChI is InChI=1S/C10H18ClN3/c1-7(2)5-12-6-9-8(3)13-14(4)10(9)11/h7,12H,5-6H2,1-4H3. The summed E-state index contributed by atoms with van der Waals surface area (Å²) < 4.78 is 1.71. The summed E-state index contributed by atoms with van der Waals surface area (Å²) in [6.07, 6.45) is 0. The van der Waals surface area contributed by atoms with Gasteiger partial charge in [-0.25, -0.2) is 0 Å². The number of nitrogens with one attached hydrogen (secondary N) is 1. The zero-order valence-corrected chi connectivity index (χ0v) is 10.0. The Hall–Kier alpha value is -0.540. The number of aromatic nitrogens is 2. The molecule has 1 aromatic rings. The maximum atomic E-state index is 6.09. The summed E-state index contributed by atoms with van der Waals surface area (Å²) >= 11 is 6.09. The fraction of sp³-hybridized carbons (Fsp3) is 0.700. The lowest BCUT2D eigenvalue weighted by molar-refractivity contribution is 0.551. The average Bonchev–Trinajstić information content (AvgIpc) is 2.31. The Bertz CT molecular complexity index is 305. The van der Waals surface area contributed by atoms with E-state index in [0.717, 1.165) is 29.5 Å². The molecule has 0 fully saturated rings. The molecule has 0 spiro atoms. The number of halogens is 1. The summed E-state index contributed by atoms with van der Waals surface area (Å²) in [6, 6.07) is 0. The predicted octanol–water partition coefficient (Wildman–Crippen LogP) is 2.13. The Labute approximate surface area is 90.4 Å². The molecule has 3 nitrogen and oxygen atoms in total. The zero-order chi connectivity index (χ0) is 10.7. The number of rotatable bonds is 4. The van der Waals surface area contributed by atoms with Gasteiger partial charge in [-0.1, -0.05) is 25.4 Å². The van der Waals surface area contributed by atoms with Crippen molar-refractivity contribution in [1.29, 1.82) is 0 Å².